The predicted octanol–water partition coefficient (Wildman–Crippen LogP) is 1.81. The van der Waals surface area contributed by atoms with Gasteiger partial charge in [0, 0.05) is 31.7 Å². The minimum Gasteiger partial charge on any atom is -0.491 e. The Morgan fingerprint density at radius 2 is 2.06 bits per heavy atom. The number of thiazole rings is 1. The van der Waals surface area contributed by atoms with Gasteiger partial charge in [-0.1, -0.05) is 0 Å². The fourth-order valence-corrected chi connectivity index (χ4v) is 5.34. The van der Waals surface area contributed by atoms with E-state index in [2.05, 4.69) is 9.88 Å². The summed E-state index contributed by atoms with van der Waals surface area (Å²) < 4.78 is 17.3. The van der Waals surface area contributed by atoms with Crippen LogP contribution in [0.3, 0.4) is 0 Å². The van der Waals surface area contributed by atoms with Crippen molar-refractivity contribution in [2.24, 2.45) is 15.7 Å². The third kappa shape index (κ3) is 4.26. The SMILES string of the molecule is COc1c(OCCCN2CCOCC2)ccc2c1N=C(c1sc(C)nc1C(N)=O)N1CCN=C21. The highest BCUT2D eigenvalue weighted by atomic mass is 32.1. The number of amidine groups is 2. The number of carbonyl (C=O) groups is 1. The molecular formula is C23H28N6O4S. The Morgan fingerprint density at radius 3 is 2.82 bits per heavy atom. The predicted molar refractivity (Wildman–Crippen MR) is 130 cm³/mol. The average Bonchev–Trinajstić information content (AvgIpc) is 3.49. The number of hydrogen-bond donors (Lipinski definition) is 1. The summed E-state index contributed by atoms with van der Waals surface area (Å²) in [7, 11) is 1.61. The van der Waals surface area contributed by atoms with Gasteiger partial charge in [-0.15, -0.1) is 11.3 Å². The van der Waals surface area contributed by atoms with Crippen LogP contribution in [0.25, 0.3) is 0 Å². The lowest BCUT2D eigenvalue weighted by Crippen LogP contribution is -2.38. The van der Waals surface area contributed by atoms with E-state index in [9.17, 15) is 4.79 Å². The minimum absolute atomic E-state index is 0.227. The van der Waals surface area contributed by atoms with E-state index < -0.39 is 5.91 Å². The van der Waals surface area contributed by atoms with Gasteiger partial charge < -0.3 is 24.8 Å². The number of nitrogens with two attached hydrogens (primary N) is 1. The van der Waals surface area contributed by atoms with Crippen molar-refractivity contribution in [3.8, 4) is 11.5 Å². The van der Waals surface area contributed by atoms with Crippen LogP contribution in [0.1, 0.15) is 32.4 Å². The molecule has 0 saturated carbocycles. The van der Waals surface area contributed by atoms with Gasteiger partial charge in [-0.05, 0) is 25.5 Å². The Bertz CT molecular complexity index is 1150. The minimum atomic E-state index is -0.574. The Kier molecular flexibility index (Phi) is 6.48. The number of fused-ring (bicyclic) bond motifs is 3. The molecule has 11 heteroatoms. The normalized spacial score (nSPS) is 17.6. The number of aryl methyl sites for hydroxylation is 1. The molecule has 0 bridgehead atoms. The molecule has 2 N–H and O–H groups in total. The average molecular weight is 485 g/mol. The number of carbonyl (C=O) groups excluding carboxylic acids is 1. The van der Waals surface area contributed by atoms with Gasteiger partial charge in [-0.3, -0.25) is 14.7 Å². The number of morpholine rings is 1. The zero-order chi connectivity index (χ0) is 23.7. The summed E-state index contributed by atoms with van der Waals surface area (Å²) in [4.78, 5) is 31.1. The summed E-state index contributed by atoms with van der Waals surface area (Å²) in [5.74, 6) is 2.03. The van der Waals surface area contributed by atoms with Crippen LogP contribution < -0.4 is 15.2 Å². The van der Waals surface area contributed by atoms with E-state index in [1.54, 1.807) is 7.11 Å². The molecule has 0 aliphatic carbocycles. The van der Waals surface area contributed by atoms with Crippen molar-refractivity contribution in [2.45, 2.75) is 13.3 Å². The number of hydrogen-bond acceptors (Lipinski definition) is 10. The first-order valence-corrected chi connectivity index (χ1v) is 12.2. The zero-order valence-electron chi connectivity index (χ0n) is 19.4. The van der Waals surface area contributed by atoms with E-state index in [4.69, 9.17) is 29.9 Å². The lowest BCUT2D eigenvalue weighted by atomic mass is 10.1. The zero-order valence-corrected chi connectivity index (χ0v) is 20.2. The van der Waals surface area contributed by atoms with Gasteiger partial charge in [0.1, 0.15) is 22.1 Å². The number of aromatic nitrogens is 1. The molecule has 3 aliphatic rings. The molecule has 10 nitrogen and oxygen atoms in total. The Balaban J connectivity index is 1.44. The Hall–Kier alpha value is -3.02. The van der Waals surface area contributed by atoms with Gasteiger partial charge in [0.15, 0.2) is 17.3 Å². The standard InChI is InChI=1S/C23H28N6O4S/c1-14-26-18(21(24)30)20(34-14)23-27-17-15(22-25-6-8-29(22)23)4-5-16(19(17)31-2)33-11-3-7-28-9-12-32-13-10-28/h4-5H,3,6-13H2,1-2H3,(H2,24,30). The molecular weight excluding hydrogens is 456 g/mol. The molecule has 34 heavy (non-hydrogen) atoms. The summed E-state index contributed by atoms with van der Waals surface area (Å²) >= 11 is 1.40. The van der Waals surface area contributed by atoms with Gasteiger partial charge in [-0.25, -0.2) is 9.98 Å². The molecule has 3 aliphatic heterocycles. The first-order valence-electron chi connectivity index (χ1n) is 11.4. The van der Waals surface area contributed by atoms with Crippen LogP contribution >= 0.6 is 11.3 Å². The number of amides is 1. The van der Waals surface area contributed by atoms with Crippen molar-refractivity contribution in [2.75, 3.05) is 59.7 Å². The molecule has 2 aromatic rings. The lowest BCUT2D eigenvalue weighted by Gasteiger charge is -2.28. The number of ether oxygens (including phenoxy) is 3. The molecule has 180 valence electrons. The summed E-state index contributed by atoms with van der Waals surface area (Å²) in [5.41, 5.74) is 7.36. The highest BCUT2D eigenvalue weighted by molar-refractivity contribution is 7.14. The number of nitrogens with zero attached hydrogens (tertiary/aromatic N) is 5. The molecule has 0 unspecified atom stereocenters. The number of methoxy groups -OCH3 is 1. The summed E-state index contributed by atoms with van der Waals surface area (Å²) in [6.45, 7) is 8.19. The van der Waals surface area contributed by atoms with Crippen molar-refractivity contribution >= 4 is 34.6 Å². The quantitative estimate of drug-likeness (QED) is 0.568. The second kappa shape index (κ2) is 9.69. The fourth-order valence-electron chi connectivity index (χ4n) is 4.42. The lowest BCUT2D eigenvalue weighted by molar-refractivity contribution is 0.0357. The number of aliphatic imine (C=N–C) groups is 2. The smallest absolute Gasteiger partial charge is 0.268 e. The number of benzene rings is 1. The highest BCUT2D eigenvalue weighted by Gasteiger charge is 2.35. The molecule has 1 aromatic heterocycles. The first kappa shape index (κ1) is 22.8. The van der Waals surface area contributed by atoms with Crippen molar-refractivity contribution < 1.29 is 19.0 Å². The molecule has 0 atom stereocenters. The Labute approximate surface area is 202 Å². The molecule has 1 fully saturated rings. The van der Waals surface area contributed by atoms with E-state index in [1.165, 1.54) is 11.3 Å². The molecule has 1 amide bonds. The van der Waals surface area contributed by atoms with E-state index in [-0.39, 0.29) is 5.69 Å². The third-order valence-electron chi connectivity index (χ3n) is 6.01. The highest BCUT2D eigenvalue weighted by Crippen LogP contribution is 2.44. The van der Waals surface area contributed by atoms with Crippen LogP contribution in [-0.2, 0) is 4.74 Å². The molecule has 1 aromatic carbocycles. The monoisotopic (exact) mass is 484 g/mol. The van der Waals surface area contributed by atoms with Crippen molar-refractivity contribution in [3.63, 3.8) is 0 Å². The van der Waals surface area contributed by atoms with Gasteiger partial charge in [-0.2, -0.15) is 0 Å². The number of rotatable bonds is 8. The molecule has 4 heterocycles. The second-order valence-electron chi connectivity index (χ2n) is 8.22. The molecule has 5 rings (SSSR count). The van der Waals surface area contributed by atoms with Gasteiger partial charge in [0.2, 0.25) is 0 Å². The first-order chi connectivity index (χ1) is 16.6. The van der Waals surface area contributed by atoms with E-state index in [1.807, 2.05) is 24.0 Å². The maximum absolute atomic E-state index is 12.1. The maximum Gasteiger partial charge on any atom is 0.268 e. The molecule has 0 radical (unpaired) electrons. The Morgan fingerprint density at radius 1 is 1.24 bits per heavy atom. The van der Waals surface area contributed by atoms with Gasteiger partial charge >= 0.3 is 0 Å². The third-order valence-corrected chi connectivity index (χ3v) is 6.97. The fraction of sp³-hybridized carbons (Fsp3) is 0.478. The van der Waals surface area contributed by atoms with Crippen molar-refractivity contribution in [1.29, 1.82) is 0 Å². The van der Waals surface area contributed by atoms with Crippen LogP contribution in [0.5, 0.6) is 11.5 Å². The van der Waals surface area contributed by atoms with E-state index in [0.29, 0.717) is 47.6 Å². The largest absolute Gasteiger partial charge is 0.491 e. The van der Waals surface area contributed by atoms with Crippen LogP contribution in [0.4, 0.5) is 5.69 Å². The molecule has 0 spiro atoms. The van der Waals surface area contributed by atoms with Gasteiger partial charge in [0.05, 0.1) is 38.5 Å². The summed E-state index contributed by atoms with van der Waals surface area (Å²) in [6.07, 6.45) is 0.900. The topological polar surface area (TPSA) is 115 Å². The van der Waals surface area contributed by atoms with E-state index >= 15 is 0 Å². The molecule has 1 saturated heterocycles. The van der Waals surface area contributed by atoms with Crippen LogP contribution in [0, 0.1) is 6.92 Å². The van der Waals surface area contributed by atoms with Crippen LogP contribution in [0.15, 0.2) is 22.1 Å². The van der Waals surface area contributed by atoms with E-state index in [0.717, 1.165) is 55.7 Å². The second-order valence-corrected chi connectivity index (χ2v) is 9.42. The van der Waals surface area contributed by atoms with Crippen LogP contribution in [0.2, 0.25) is 0 Å². The van der Waals surface area contributed by atoms with Crippen molar-refractivity contribution in [1.82, 2.24) is 14.8 Å². The maximum atomic E-state index is 12.1. The number of primary amides is 1. The van der Waals surface area contributed by atoms with Gasteiger partial charge in [0.25, 0.3) is 5.91 Å². The van der Waals surface area contributed by atoms with Crippen molar-refractivity contribution in [3.05, 3.63) is 33.3 Å². The summed E-state index contributed by atoms with van der Waals surface area (Å²) in [6, 6.07) is 3.89. The summed E-state index contributed by atoms with van der Waals surface area (Å²) in [5, 5.41) is 0.749. The van der Waals surface area contributed by atoms with Crippen LogP contribution in [-0.4, -0.2) is 92.0 Å².